The van der Waals surface area contributed by atoms with Gasteiger partial charge >= 0.3 is 0 Å². The van der Waals surface area contributed by atoms with Gasteiger partial charge in [0, 0.05) is 41.5 Å². The normalized spacial score (nSPS) is 20.1. The minimum atomic E-state index is -0.742. The number of carbonyl (C=O) groups is 1. The number of phenolic OH excluding ortho intramolecular Hbond substituents is 1. The number of aryl methyl sites for hydroxylation is 1. The molecule has 1 fully saturated rings. The number of likely N-dealkylation sites (N-methyl/N-ethyl adjacent to an activating group) is 1. The highest BCUT2D eigenvalue weighted by molar-refractivity contribution is 5.96. The second kappa shape index (κ2) is 11.3. The maximum atomic E-state index is 14.5. The largest absolute Gasteiger partial charge is 0.508 e. The number of nitrogens with zero attached hydrogens (tertiary/aromatic N) is 4. The van der Waals surface area contributed by atoms with Crippen molar-refractivity contribution in [3.05, 3.63) is 101 Å². The van der Waals surface area contributed by atoms with Gasteiger partial charge in [0.2, 0.25) is 0 Å². The average molecular weight is 581 g/mol. The first-order chi connectivity index (χ1) is 20.6. The quantitative estimate of drug-likeness (QED) is 0.272. The number of amides is 1. The van der Waals surface area contributed by atoms with E-state index in [0.717, 1.165) is 47.6 Å². The summed E-state index contributed by atoms with van der Waals surface area (Å²) < 4.78 is 14.5. The van der Waals surface area contributed by atoms with E-state index in [2.05, 4.69) is 44.5 Å². The number of aromatic hydroxyl groups is 1. The summed E-state index contributed by atoms with van der Waals surface area (Å²) >= 11 is 0. The number of para-hydroxylation sites is 1. The minimum Gasteiger partial charge on any atom is -0.508 e. The Bertz CT molecular complexity index is 1630. The molecular formula is C34H37FN6O2. The zero-order valence-corrected chi connectivity index (χ0v) is 24.9. The number of nitrogens with one attached hydrogen (secondary N) is 2. The number of rotatable bonds is 7. The molecular weight excluding hydrogens is 543 g/mol. The summed E-state index contributed by atoms with van der Waals surface area (Å²) in [5.41, 5.74) is 4.64. The standard InChI is InChI=1S/C34H37FN6O2/c1-21-13-23(32-36-18-27(19-37-32)41-12-11-26(20-41)40(3)4)15-24(14-21)33(43)38-31(28-16-25(35)9-10-30(28)42)34(2)17-22-7-5-6-8-29(22)39-34/h5-10,13-16,18-19,26,31,39,42H,11-12,17,20H2,1-4H3,(H,38,43)/t26-,31-,34?/m1/s1. The number of anilines is 2. The smallest absolute Gasteiger partial charge is 0.251 e. The molecule has 8 nitrogen and oxygen atoms in total. The van der Waals surface area contributed by atoms with Crippen molar-refractivity contribution in [2.45, 2.75) is 44.3 Å². The summed E-state index contributed by atoms with van der Waals surface area (Å²) in [5.74, 6) is -0.389. The Morgan fingerprint density at radius 3 is 2.63 bits per heavy atom. The van der Waals surface area contributed by atoms with E-state index in [1.807, 2.05) is 56.6 Å². The Morgan fingerprint density at radius 2 is 1.91 bits per heavy atom. The molecule has 0 bridgehead atoms. The summed E-state index contributed by atoms with van der Waals surface area (Å²) in [6.45, 7) is 5.79. The van der Waals surface area contributed by atoms with Crippen LogP contribution in [-0.4, -0.2) is 64.6 Å². The number of hydrogen-bond acceptors (Lipinski definition) is 7. The van der Waals surface area contributed by atoms with E-state index >= 15 is 0 Å². The second-order valence-corrected chi connectivity index (χ2v) is 12.2. The first-order valence-electron chi connectivity index (χ1n) is 14.6. The van der Waals surface area contributed by atoms with Crippen LogP contribution in [-0.2, 0) is 6.42 Å². The Hall–Kier alpha value is -4.50. The molecule has 0 spiro atoms. The molecule has 2 aliphatic rings. The van der Waals surface area contributed by atoms with Crippen LogP contribution < -0.4 is 15.5 Å². The lowest BCUT2D eigenvalue weighted by Gasteiger charge is -2.36. The highest BCUT2D eigenvalue weighted by Crippen LogP contribution is 2.42. The third-order valence-corrected chi connectivity index (χ3v) is 8.70. The second-order valence-electron chi connectivity index (χ2n) is 12.2. The van der Waals surface area contributed by atoms with Crippen LogP contribution >= 0.6 is 0 Å². The van der Waals surface area contributed by atoms with Crippen molar-refractivity contribution in [1.82, 2.24) is 20.2 Å². The first-order valence-corrected chi connectivity index (χ1v) is 14.6. The fourth-order valence-electron chi connectivity index (χ4n) is 6.34. The van der Waals surface area contributed by atoms with E-state index in [1.165, 1.54) is 18.2 Å². The molecule has 3 N–H and O–H groups in total. The van der Waals surface area contributed by atoms with Crippen LogP contribution in [0.5, 0.6) is 5.75 Å². The monoisotopic (exact) mass is 580 g/mol. The fraction of sp³-hybridized carbons (Fsp3) is 0.324. The van der Waals surface area contributed by atoms with Gasteiger partial charge in [-0.3, -0.25) is 4.79 Å². The van der Waals surface area contributed by atoms with Gasteiger partial charge in [-0.15, -0.1) is 0 Å². The molecule has 9 heteroatoms. The molecule has 0 radical (unpaired) electrons. The topological polar surface area (TPSA) is 93.6 Å². The minimum absolute atomic E-state index is 0.0843. The van der Waals surface area contributed by atoms with Crippen LogP contribution in [0.3, 0.4) is 0 Å². The Morgan fingerprint density at radius 1 is 1.14 bits per heavy atom. The number of phenols is 1. The molecule has 3 heterocycles. The molecule has 43 heavy (non-hydrogen) atoms. The average Bonchev–Trinajstić information content (AvgIpc) is 3.62. The van der Waals surface area contributed by atoms with E-state index < -0.39 is 17.4 Å². The lowest BCUT2D eigenvalue weighted by Crippen LogP contribution is -2.48. The highest BCUT2D eigenvalue weighted by Gasteiger charge is 2.42. The van der Waals surface area contributed by atoms with Crippen molar-refractivity contribution in [2.75, 3.05) is 37.4 Å². The molecule has 4 aromatic rings. The summed E-state index contributed by atoms with van der Waals surface area (Å²) in [5, 5.41) is 17.4. The Kier molecular flexibility index (Phi) is 7.52. The summed E-state index contributed by atoms with van der Waals surface area (Å²) in [6.07, 6.45) is 5.36. The van der Waals surface area contributed by atoms with Crippen molar-refractivity contribution in [1.29, 1.82) is 0 Å². The van der Waals surface area contributed by atoms with Crippen LogP contribution in [0.2, 0.25) is 0 Å². The zero-order chi connectivity index (χ0) is 30.3. The fourth-order valence-corrected chi connectivity index (χ4v) is 6.34. The van der Waals surface area contributed by atoms with Crippen LogP contribution in [0.4, 0.5) is 15.8 Å². The molecule has 0 aliphatic carbocycles. The Balaban J connectivity index is 1.28. The number of aromatic nitrogens is 2. The molecule has 3 aromatic carbocycles. The summed E-state index contributed by atoms with van der Waals surface area (Å²) in [4.78, 5) is 27.7. The number of benzene rings is 3. The first kappa shape index (κ1) is 28.6. The third-order valence-electron chi connectivity index (χ3n) is 8.70. The van der Waals surface area contributed by atoms with Crippen molar-refractivity contribution in [3.63, 3.8) is 0 Å². The van der Waals surface area contributed by atoms with Crippen LogP contribution in [0.25, 0.3) is 11.4 Å². The van der Waals surface area contributed by atoms with Crippen LogP contribution in [0.1, 0.15) is 46.4 Å². The van der Waals surface area contributed by atoms with E-state index in [4.69, 9.17) is 0 Å². The van der Waals surface area contributed by atoms with Crippen molar-refractivity contribution in [3.8, 4) is 17.1 Å². The van der Waals surface area contributed by atoms with E-state index in [-0.39, 0.29) is 11.7 Å². The van der Waals surface area contributed by atoms with Crippen LogP contribution in [0, 0.1) is 12.7 Å². The maximum absolute atomic E-state index is 14.5. The van der Waals surface area contributed by atoms with Gasteiger partial charge in [0.1, 0.15) is 11.6 Å². The van der Waals surface area contributed by atoms with Crippen molar-refractivity contribution in [2.24, 2.45) is 0 Å². The van der Waals surface area contributed by atoms with Gasteiger partial charge in [-0.25, -0.2) is 14.4 Å². The van der Waals surface area contributed by atoms with E-state index in [1.54, 1.807) is 12.1 Å². The molecule has 3 atom stereocenters. The predicted molar refractivity (Wildman–Crippen MR) is 167 cm³/mol. The van der Waals surface area contributed by atoms with Gasteiger partial charge in [-0.2, -0.15) is 0 Å². The zero-order valence-electron chi connectivity index (χ0n) is 24.9. The lowest BCUT2D eigenvalue weighted by molar-refractivity contribution is 0.0920. The van der Waals surface area contributed by atoms with Gasteiger partial charge < -0.3 is 25.5 Å². The third kappa shape index (κ3) is 5.77. The Labute approximate surface area is 251 Å². The van der Waals surface area contributed by atoms with Crippen molar-refractivity contribution < 1.29 is 14.3 Å². The number of carbonyl (C=O) groups excluding carboxylic acids is 1. The molecule has 6 rings (SSSR count). The summed E-state index contributed by atoms with van der Waals surface area (Å²) in [6, 6.07) is 17.0. The highest BCUT2D eigenvalue weighted by atomic mass is 19.1. The van der Waals surface area contributed by atoms with Gasteiger partial charge in [-0.05, 0) is 94.4 Å². The van der Waals surface area contributed by atoms with Crippen LogP contribution in [0.15, 0.2) is 73.1 Å². The van der Waals surface area contributed by atoms with Crippen molar-refractivity contribution >= 4 is 17.3 Å². The summed E-state index contributed by atoms with van der Waals surface area (Å²) in [7, 11) is 4.21. The molecule has 1 aromatic heterocycles. The molecule has 1 unspecified atom stereocenters. The SMILES string of the molecule is Cc1cc(C(=O)N[C@H](c2cc(F)ccc2O)C2(C)Cc3ccccc3N2)cc(-c2ncc(N3CC[C@@H](N(C)C)C3)cn2)c1. The molecule has 1 saturated heterocycles. The predicted octanol–water partition coefficient (Wildman–Crippen LogP) is 5.34. The number of fused-ring (bicyclic) bond motifs is 1. The van der Waals surface area contributed by atoms with Gasteiger partial charge in [-0.1, -0.05) is 18.2 Å². The number of halogens is 1. The number of hydrogen-bond donors (Lipinski definition) is 3. The van der Waals surface area contributed by atoms with E-state index in [9.17, 15) is 14.3 Å². The van der Waals surface area contributed by atoms with Gasteiger partial charge in [0.25, 0.3) is 5.91 Å². The van der Waals surface area contributed by atoms with Gasteiger partial charge in [0.15, 0.2) is 5.82 Å². The molecule has 2 aliphatic heterocycles. The lowest BCUT2D eigenvalue weighted by atomic mass is 9.83. The van der Waals surface area contributed by atoms with E-state index in [0.29, 0.717) is 29.4 Å². The molecule has 0 saturated carbocycles. The van der Waals surface area contributed by atoms with Gasteiger partial charge in [0.05, 0.1) is 29.7 Å². The molecule has 222 valence electrons. The maximum Gasteiger partial charge on any atom is 0.251 e. The molecule has 1 amide bonds.